The van der Waals surface area contributed by atoms with Gasteiger partial charge in [0, 0.05) is 39.2 Å². The largest absolute Gasteiger partial charge is 0.356 e. The van der Waals surface area contributed by atoms with E-state index in [4.69, 9.17) is 0 Å². The molecular formula is C36H29N3. The van der Waals surface area contributed by atoms with Gasteiger partial charge in [-0.25, -0.2) is 0 Å². The predicted octanol–water partition coefficient (Wildman–Crippen LogP) is 9.84. The number of benzene rings is 5. The Morgan fingerprint density at radius 3 is 1.97 bits per heavy atom. The lowest BCUT2D eigenvalue weighted by Gasteiger charge is -2.13. The molecule has 39 heavy (non-hydrogen) atoms. The molecule has 1 aliphatic carbocycles. The minimum Gasteiger partial charge on any atom is -0.356 e. The van der Waals surface area contributed by atoms with Gasteiger partial charge >= 0.3 is 0 Å². The molecule has 1 aromatic heterocycles. The van der Waals surface area contributed by atoms with Crippen LogP contribution in [0, 0.1) is 0 Å². The van der Waals surface area contributed by atoms with E-state index in [9.17, 15) is 0 Å². The summed E-state index contributed by atoms with van der Waals surface area (Å²) < 4.78 is 2.36. The van der Waals surface area contributed by atoms with Crippen LogP contribution in [0.5, 0.6) is 0 Å². The first-order chi connectivity index (χ1) is 19.3. The maximum absolute atomic E-state index is 3.62. The van der Waals surface area contributed by atoms with E-state index in [0.717, 1.165) is 35.6 Å². The van der Waals surface area contributed by atoms with E-state index in [1.54, 1.807) is 0 Å². The number of aromatic nitrogens is 1. The lowest BCUT2D eigenvalue weighted by molar-refractivity contribution is 1.02. The number of hydrogen-bond acceptors (Lipinski definition) is 2. The van der Waals surface area contributed by atoms with E-state index in [-0.39, 0.29) is 0 Å². The first-order valence-corrected chi connectivity index (χ1v) is 13.5. The molecule has 2 N–H and O–H groups in total. The SMILES string of the molecule is C1=CC(Nc2ccc(-n3c4ccccc4c4ccc(Nc5ccc(-c6ccccc6)cc5)cc43)cc2)=CCC1. The van der Waals surface area contributed by atoms with Crippen molar-refractivity contribution in [1.82, 2.24) is 4.57 Å². The van der Waals surface area contributed by atoms with Crippen molar-refractivity contribution in [2.45, 2.75) is 12.8 Å². The quantitative estimate of drug-likeness (QED) is 0.237. The Hall–Kier alpha value is -5.02. The molecule has 188 valence electrons. The molecule has 0 amide bonds. The van der Waals surface area contributed by atoms with Gasteiger partial charge in [0.1, 0.15) is 0 Å². The van der Waals surface area contributed by atoms with E-state index in [0.29, 0.717) is 0 Å². The van der Waals surface area contributed by atoms with Gasteiger partial charge in [-0.3, -0.25) is 0 Å². The Bertz CT molecular complexity index is 1820. The van der Waals surface area contributed by atoms with Crippen LogP contribution in [0.25, 0.3) is 38.6 Å². The minimum absolute atomic E-state index is 1.06. The molecule has 0 fully saturated rings. The van der Waals surface area contributed by atoms with Crippen molar-refractivity contribution in [2.75, 3.05) is 10.6 Å². The van der Waals surface area contributed by atoms with Crippen molar-refractivity contribution < 1.29 is 0 Å². The number of hydrogen-bond donors (Lipinski definition) is 2. The number of rotatable bonds is 6. The van der Waals surface area contributed by atoms with E-state index in [2.05, 4.69) is 149 Å². The topological polar surface area (TPSA) is 29.0 Å². The van der Waals surface area contributed by atoms with Crippen LogP contribution < -0.4 is 10.6 Å². The third kappa shape index (κ3) is 4.60. The molecule has 1 heterocycles. The van der Waals surface area contributed by atoms with Crippen molar-refractivity contribution in [1.29, 1.82) is 0 Å². The maximum Gasteiger partial charge on any atom is 0.0561 e. The third-order valence-electron chi connectivity index (χ3n) is 7.36. The van der Waals surface area contributed by atoms with E-state index >= 15 is 0 Å². The second kappa shape index (κ2) is 10.0. The van der Waals surface area contributed by atoms with Crippen LogP contribution in [0.1, 0.15) is 12.8 Å². The lowest BCUT2D eigenvalue weighted by atomic mass is 10.1. The van der Waals surface area contributed by atoms with Crippen LogP contribution in [-0.2, 0) is 0 Å². The Kier molecular flexibility index (Phi) is 5.95. The molecule has 3 nitrogen and oxygen atoms in total. The summed E-state index contributed by atoms with van der Waals surface area (Å²) in [5, 5.41) is 9.65. The molecule has 0 spiro atoms. The zero-order valence-corrected chi connectivity index (χ0v) is 21.6. The summed E-state index contributed by atoms with van der Waals surface area (Å²) in [4.78, 5) is 0. The number of allylic oxidation sites excluding steroid dienone is 3. The molecule has 0 unspecified atom stereocenters. The minimum atomic E-state index is 1.06. The van der Waals surface area contributed by atoms with Gasteiger partial charge in [-0.15, -0.1) is 0 Å². The molecular weight excluding hydrogens is 474 g/mol. The molecule has 0 saturated carbocycles. The Morgan fingerprint density at radius 1 is 0.513 bits per heavy atom. The average molecular weight is 504 g/mol. The fourth-order valence-electron chi connectivity index (χ4n) is 5.44. The van der Waals surface area contributed by atoms with E-state index in [1.165, 1.54) is 38.6 Å². The number of nitrogens with zero attached hydrogens (tertiary/aromatic N) is 1. The second-order valence-electron chi connectivity index (χ2n) is 9.96. The third-order valence-corrected chi connectivity index (χ3v) is 7.36. The Balaban J connectivity index is 1.23. The molecule has 0 atom stereocenters. The Morgan fingerprint density at radius 2 is 1.18 bits per heavy atom. The summed E-state index contributed by atoms with van der Waals surface area (Å²) >= 11 is 0. The molecule has 3 heteroatoms. The highest BCUT2D eigenvalue weighted by Gasteiger charge is 2.13. The summed E-state index contributed by atoms with van der Waals surface area (Å²) in [6.45, 7) is 0. The van der Waals surface area contributed by atoms with E-state index < -0.39 is 0 Å². The summed E-state index contributed by atoms with van der Waals surface area (Å²) in [5.74, 6) is 0. The smallest absolute Gasteiger partial charge is 0.0561 e. The van der Waals surface area contributed by atoms with Gasteiger partial charge in [-0.2, -0.15) is 0 Å². The highest BCUT2D eigenvalue weighted by Crippen LogP contribution is 2.35. The van der Waals surface area contributed by atoms with Crippen molar-refractivity contribution >= 4 is 38.9 Å². The second-order valence-corrected chi connectivity index (χ2v) is 9.96. The molecule has 0 bridgehead atoms. The summed E-state index contributed by atoms with van der Waals surface area (Å²) in [6.07, 6.45) is 8.84. The van der Waals surface area contributed by atoms with E-state index in [1.807, 2.05) is 6.07 Å². The molecule has 0 aliphatic heterocycles. The maximum atomic E-state index is 3.62. The summed E-state index contributed by atoms with van der Waals surface area (Å²) in [6, 6.07) is 43.1. The normalized spacial score (nSPS) is 13.0. The summed E-state index contributed by atoms with van der Waals surface area (Å²) in [5.41, 5.74) is 10.4. The van der Waals surface area contributed by atoms with Crippen LogP contribution in [0.2, 0.25) is 0 Å². The highest BCUT2D eigenvalue weighted by molar-refractivity contribution is 6.10. The predicted molar refractivity (Wildman–Crippen MR) is 166 cm³/mol. The number of anilines is 3. The van der Waals surface area contributed by atoms with Crippen molar-refractivity contribution in [3.05, 3.63) is 145 Å². The van der Waals surface area contributed by atoms with Crippen LogP contribution >= 0.6 is 0 Å². The van der Waals surface area contributed by atoms with Crippen molar-refractivity contribution in [2.24, 2.45) is 0 Å². The number of para-hydroxylation sites is 1. The van der Waals surface area contributed by atoms with Crippen molar-refractivity contribution in [3.8, 4) is 16.8 Å². The van der Waals surface area contributed by atoms with Crippen LogP contribution in [0.15, 0.2) is 145 Å². The van der Waals surface area contributed by atoms with Gasteiger partial charge < -0.3 is 15.2 Å². The molecule has 1 aliphatic rings. The fraction of sp³-hybridized carbons (Fsp3) is 0.0556. The molecule has 5 aromatic carbocycles. The van der Waals surface area contributed by atoms with Crippen molar-refractivity contribution in [3.63, 3.8) is 0 Å². The first kappa shape index (κ1) is 23.1. The molecule has 0 radical (unpaired) electrons. The van der Waals surface area contributed by atoms with Crippen LogP contribution in [-0.4, -0.2) is 4.57 Å². The first-order valence-electron chi connectivity index (χ1n) is 13.5. The lowest BCUT2D eigenvalue weighted by Crippen LogP contribution is -2.00. The van der Waals surface area contributed by atoms with Crippen LogP contribution in [0.4, 0.5) is 17.1 Å². The molecule has 7 rings (SSSR count). The average Bonchev–Trinajstić information content (AvgIpc) is 3.33. The van der Waals surface area contributed by atoms with Gasteiger partial charge in [0.05, 0.1) is 11.0 Å². The van der Waals surface area contributed by atoms with Gasteiger partial charge in [0.15, 0.2) is 0 Å². The van der Waals surface area contributed by atoms with Gasteiger partial charge in [-0.05, 0) is 84.6 Å². The standard InChI is InChI=1S/C36H29N3/c1-3-9-26(10-4-1)27-15-17-29(18-16-27)38-31-21-24-34-33-13-7-8-14-35(33)39(36(34)25-31)32-22-19-30(20-23-32)37-28-11-5-2-6-12-28/h1,3-5,7-25,37-38H,2,6H2. The number of fused-ring (bicyclic) bond motifs is 3. The number of nitrogens with one attached hydrogen (secondary N) is 2. The van der Waals surface area contributed by atoms with Crippen LogP contribution in [0.3, 0.4) is 0 Å². The Labute approximate surface area is 228 Å². The fourth-order valence-corrected chi connectivity index (χ4v) is 5.44. The molecule has 0 saturated heterocycles. The highest BCUT2D eigenvalue weighted by atomic mass is 15.0. The zero-order valence-electron chi connectivity index (χ0n) is 21.6. The zero-order chi connectivity index (χ0) is 26.0. The molecule has 6 aromatic rings. The van der Waals surface area contributed by atoms with Gasteiger partial charge in [0.2, 0.25) is 0 Å². The van der Waals surface area contributed by atoms with Gasteiger partial charge in [0.25, 0.3) is 0 Å². The monoisotopic (exact) mass is 503 g/mol. The summed E-state index contributed by atoms with van der Waals surface area (Å²) in [7, 11) is 0. The van der Waals surface area contributed by atoms with Gasteiger partial charge in [-0.1, -0.05) is 78.9 Å².